The van der Waals surface area contributed by atoms with Crippen LogP contribution in [0.3, 0.4) is 0 Å². The minimum Gasteiger partial charge on any atom is -0.369 e. The van der Waals surface area contributed by atoms with E-state index in [1.807, 2.05) is 18.2 Å². The summed E-state index contributed by atoms with van der Waals surface area (Å²) in [6, 6.07) is 0. The van der Waals surface area contributed by atoms with Crippen LogP contribution in [0.1, 0.15) is 13.3 Å². The number of rotatable bonds is 1. The molecule has 1 unspecified atom stereocenters. The summed E-state index contributed by atoms with van der Waals surface area (Å²) in [7, 11) is 0. The fourth-order valence-corrected chi connectivity index (χ4v) is 1.07. The van der Waals surface area contributed by atoms with Crippen molar-refractivity contribution in [1.29, 1.82) is 0 Å². The highest BCUT2D eigenvalue weighted by Crippen LogP contribution is 2.14. The first-order chi connectivity index (χ1) is 5.74. The van der Waals surface area contributed by atoms with Gasteiger partial charge in [0.1, 0.15) is 0 Å². The average Bonchev–Trinajstić information content (AvgIpc) is 2.06. The predicted octanol–water partition coefficient (Wildman–Crippen LogP) is 0.998. The first-order valence-corrected chi connectivity index (χ1v) is 3.84. The topological polar surface area (TPSA) is 43.1 Å². The Kier molecular flexibility index (Phi) is 2.71. The Balaban J connectivity index is 2.65. The number of carbonyl (C=O) groups is 1. The van der Waals surface area contributed by atoms with Gasteiger partial charge in [-0.25, -0.2) is 0 Å². The zero-order valence-electron chi connectivity index (χ0n) is 7.00. The van der Waals surface area contributed by atoms with Crippen molar-refractivity contribution in [2.24, 2.45) is 11.7 Å². The molecule has 2 nitrogen and oxygen atoms in total. The normalized spacial score (nSPS) is 20.8. The van der Waals surface area contributed by atoms with Crippen molar-refractivity contribution >= 4 is 5.91 Å². The van der Waals surface area contributed by atoms with Crippen LogP contribution >= 0.6 is 0 Å². The van der Waals surface area contributed by atoms with E-state index in [2.05, 4.69) is 11.8 Å². The Hall–Kier alpha value is -1.49. The number of primary amides is 1. The molecule has 62 valence electrons. The molecule has 1 aliphatic carbocycles. The minimum absolute atomic E-state index is 0.146. The summed E-state index contributed by atoms with van der Waals surface area (Å²) in [4.78, 5) is 10.7. The maximum absolute atomic E-state index is 10.7. The smallest absolute Gasteiger partial charge is 0.224 e. The Bertz CT molecular complexity index is 302. The number of nitrogens with two attached hydrogens (primary N) is 1. The van der Waals surface area contributed by atoms with Gasteiger partial charge in [0.25, 0.3) is 0 Å². The summed E-state index contributed by atoms with van der Waals surface area (Å²) in [5.74, 6) is 5.29. The monoisotopic (exact) mass is 161 g/mol. The molecule has 1 amide bonds. The highest BCUT2D eigenvalue weighted by Gasteiger charge is 2.12. The van der Waals surface area contributed by atoms with E-state index < -0.39 is 0 Å². The summed E-state index contributed by atoms with van der Waals surface area (Å²) in [6.45, 7) is 1.79. The van der Waals surface area contributed by atoms with E-state index in [-0.39, 0.29) is 11.8 Å². The number of hydrogen-bond acceptors (Lipinski definition) is 1. The van der Waals surface area contributed by atoms with E-state index in [4.69, 9.17) is 5.73 Å². The first-order valence-electron chi connectivity index (χ1n) is 3.84. The Morgan fingerprint density at radius 3 is 2.92 bits per heavy atom. The summed E-state index contributed by atoms with van der Waals surface area (Å²) < 4.78 is 0. The maximum atomic E-state index is 10.7. The highest BCUT2D eigenvalue weighted by atomic mass is 16.1. The zero-order valence-corrected chi connectivity index (χ0v) is 7.00. The van der Waals surface area contributed by atoms with Gasteiger partial charge >= 0.3 is 0 Å². The van der Waals surface area contributed by atoms with Crippen LogP contribution in [0.5, 0.6) is 0 Å². The van der Waals surface area contributed by atoms with Crippen molar-refractivity contribution < 1.29 is 4.79 Å². The van der Waals surface area contributed by atoms with E-state index in [1.165, 1.54) is 0 Å². The lowest BCUT2D eigenvalue weighted by Gasteiger charge is -2.09. The molecule has 1 atom stereocenters. The minimum atomic E-state index is -0.272. The highest BCUT2D eigenvalue weighted by molar-refractivity contribution is 5.79. The number of hydrogen-bond donors (Lipinski definition) is 1. The summed E-state index contributed by atoms with van der Waals surface area (Å²) >= 11 is 0. The van der Waals surface area contributed by atoms with Crippen molar-refractivity contribution in [2.45, 2.75) is 13.3 Å². The molecule has 1 aliphatic rings. The SMILES string of the molecule is CC#CC1=CCC(C(N)=O)C=C1. The van der Waals surface area contributed by atoms with Gasteiger partial charge in [-0.15, -0.1) is 5.92 Å². The lowest BCUT2D eigenvalue weighted by Crippen LogP contribution is -2.21. The Labute approximate surface area is 72.1 Å². The van der Waals surface area contributed by atoms with Gasteiger partial charge in [-0.1, -0.05) is 24.1 Å². The fraction of sp³-hybridized carbons (Fsp3) is 0.300. The van der Waals surface area contributed by atoms with E-state index in [9.17, 15) is 4.79 Å². The van der Waals surface area contributed by atoms with E-state index in [0.29, 0.717) is 6.42 Å². The van der Waals surface area contributed by atoms with Crippen LogP contribution in [0.4, 0.5) is 0 Å². The quantitative estimate of drug-likeness (QED) is 0.573. The van der Waals surface area contributed by atoms with E-state index >= 15 is 0 Å². The molecule has 2 heteroatoms. The number of allylic oxidation sites excluding steroid dienone is 3. The van der Waals surface area contributed by atoms with Gasteiger partial charge in [-0.3, -0.25) is 4.79 Å². The van der Waals surface area contributed by atoms with E-state index in [1.54, 1.807) is 6.92 Å². The number of carbonyl (C=O) groups excluding carboxylic acids is 1. The van der Waals surface area contributed by atoms with Gasteiger partial charge in [0.05, 0.1) is 5.92 Å². The van der Waals surface area contributed by atoms with Crippen LogP contribution in [-0.2, 0) is 4.79 Å². The zero-order chi connectivity index (χ0) is 8.97. The standard InChI is InChI=1S/C10H11NO/c1-2-3-8-4-6-9(7-5-8)10(11)12/h4-6,9H,7H2,1H3,(H2,11,12). The second-order valence-electron chi connectivity index (χ2n) is 2.64. The number of amides is 1. The molecule has 0 bridgehead atoms. The predicted molar refractivity (Wildman–Crippen MR) is 48.0 cm³/mol. The van der Waals surface area contributed by atoms with Crippen molar-refractivity contribution in [1.82, 2.24) is 0 Å². The van der Waals surface area contributed by atoms with Crippen LogP contribution in [0.2, 0.25) is 0 Å². The van der Waals surface area contributed by atoms with Crippen LogP contribution in [0, 0.1) is 17.8 Å². The van der Waals surface area contributed by atoms with E-state index in [0.717, 1.165) is 5.57 Å². The van der Waals surface area contributed by atoms with Crippen LogP contribution < -0.4 is 5.73 Å². The van der Waals surface area contributed by atoms with Crippen molar-refractivity contribution in [3.8, 4) is 11.8 Å². The fourth-order valence-electron chi connectivity index (χ4n) is 1.07. The van der Waals surface area contributed by atoms with Gasteiger partial charge < -0.3 is 5.73 Å². The lowest BCUT2D eigenvalue weighted by molar-refractivity contribution is -0.120. The van der Waals surface area contributed by atoms with Gasteiger partial charge in [0, 0.05) is 5.57 Å². The molecule has 0 fully saturated rings. The molecule has 1 rings (SSSR count). The molecule has 0 aromatic carbocycles. The second-order valence-corrected chi connectivity index (χ2v) is 2.64. The maximum Gasteiger partial charge on any atom is 0.224 e. The molecule has 0 aromatic heterocycles. The summed E-state index contributed by atoms with van der Waals surface area (Å²) in [6.07, 6.45) is 6.26. The molecule has 0 heterocycles. The molecule has 0 aliphatic heterocycles. The molecule has 2 N–H and O–H groups in total. The van der Waals surface area contributed by atoms with Gasteiger partial charge in [-0.05, 0) is 13.3 Å². The lowest BCUT2D eigenvalue weighted by atomic mass is 9.96. The molecular weight excluding hydrogens is 150 g/mol. The largest absolute Gasteiger partial charge is 0.369 e. The van der Waals surface area contributed by atoms with Crippen molar-refractivity contribution in [3.63, 3.8) is 0 Å². The van der Waals surface area contributed by atoms with Crippen molar-refractivity contribution in [3.05, 3.63) is 23.8 Å². The van der Waals surface area contributed by atoms with Crippen LogP contribution in [0.25, 0.3) is 0 Å². The molecule has 0 radical (unpaired) electrons. The third-order valence-corrected chi connectivity index (χ3v) is 1.73. The van der Waals surface area contributed by atoms with Gasteiger partial charge in [0.2, 0.25) is 5.91 Å². The second kappa shape index (κ2) is 3.77. The molecule has 0 saturated carbocycles. The summed E-state index contributed by atoms with van der Waals surface area (Å²) in [5, 5.41) is 0. The third kappa shape index (κ3) is 2.00. The average molecular weight is 161 g/mol. The Morgan fingerprint density at radius 1 is 1.75 bits per heavy atom. The van der Waals surface area contributed by atoms with Gasteiger partial charge in [-0.2, -0.15) is 0 Å². The van der Waals surface area contributed by atoms with Crippen molar-refractivity contribution in [2.75, 3.05) is 0 Å². The van der Waals surface area contributed by atoms with Crippen LogP contribution in [0.15, 0.2) is 23.8 Å². The molecular formula is C10H11NO. The van der Waals surface area contributed by atoms with Gasteiger partial charge in [0.15, 0.2) is 0 Å². The molecule has 0 spiro atoms. The third-order valence-electron chi connectivity index (χ3n) is 1.73. The Morgan fingerprint density at radius 2 is 2.50 bits per heavy atom. The molecule has 0 saturated heterocycles. The molecule has 12 heavy (non-hydrogen) atoms. The first kappa shape index (κ1) is 8.61. The molecule has 0 aromatic rings. The van der Waals surface area contributed by atoms with Crippen LogP contribution in [-0.4, -0.2) is 5.91 Å². The summed E-state index contributed by atoms with van der Waals surface area (Å²) in [5.41, 5.74) is 6.10.